The topological polar surface area (TPSA) is 71.3 Å². The lowest BCUT2D eigenvalue weighted by Gasteiger charge is -2.10. The lowest BCUT2D eigenvalue weighted by atomic mass is 10.1. The van der Waals surface area contributed by atoms with E-state index in [-0.39, 0.29) is 12.5 Å². The fraction of sp³-hybridized carbons (Fsp3) is 0.467. The van der Waals surface area contributed by atoms with Gasteiger partial charge in [0.15, 0.2) is 6.61 Å². The third-order valence-electron chi connectivity index (χ3n) is 2.66. The number of carbonyl (C=O) groups excluding carboxylic acids is 1. The van der Waals surface area contributed by atoms with E-state index in [1.807, 2.05) is 6.07 Å². The Morgan fingerprint density at radius 2 is 2.05 bits per heavy atom. The molecule has 0 aliphatic heterocycles. The van der Waals surface area contributed by atoms with E-state index in [0.29, 0.717) is 29.5 Å². The first kappa shape index (κ1) is 15.8. The molecule has 0 aliphatic rings. The number of nitriles is 1. The van der Waals surface area contributed by atoms with Crippen molar-refractivity contribution in [1.82, 2.24) is 5.32 Å². The zero-order chi connectivity index (χ0) is 15.0. The fourth-order valence-corrected chi connectivity index (χ4v) is 1.54. The molecule has 1 N–H and O–H groups in total. The highest BCUT2D eigenvalue weighted by Crippen LogP contribution is 2.22. The lowest BCUT2D eigenvalue weighted by molar-refractivity contribution is -0.123. The zero-order valence-corrected chi connectivity index (χ0v) is 12.1. The molecule has 1 amide bonds. The Bertz CT molecular complexity index is 492. The van der Waals surface area contributed by atoms with E-state index in [1.54, 1.807) is 18.2 Å². The first-order valence-corrected chi connectivity index (χ1v) is 6.54. The van der Waals surface area contributed by atoms with E-state index in [0.717, 1.165) is 6.42 Å². The van der Waals surface area contributed by atoms with Crippen molar-refractivity contribution in [2.24, 2.45) is 5.92 Å². The first-order chi connectivity index (χ1) is 9.55. The zero-order valence-electron chi connectivity index (χ0n) is 12.1. The van der Waals surface area contributed by atoms with E-state index in [9.17, 15) is 4.79 Å². The van der Waals surface area contributed by atoms with Crippen molar-refractivity contribution in [3.05, 3.63) is 23.8 Å². The summed E-state index contributed by atoms with van der Waals surface area (Å²) in [5, 5.41) is 11.7. The Kier molecular flexibility index (Phi) is 6.38. The van der Waals surface area contributed by atoms with E-state index in [2.05, 4.69) is 19.2 Å². The lowest BCUT2D eigenvalue weighted by Crippen LogP contribution is -2.30. The van der Waals surface area contributed by atoms with Crippen LogP contribution in [-0.2, 0) is 4.79 Å². The molecule has 1 aromatic rings. The average Bonchev–Trinajstić information content (AvgIpc) is 2.44. The molecule has 0 atom stereocenters. The summed E-state index contributed by atoms with van der Waals surface area (Å²) < 4.78 is 10.4. The van der Waals surface area contributed by atoms with E-state index >= 15 is 0 Å². The number of nitrogens with one attached hydrogen (secondary N) is 1. The average molecular weight is 276 g/mol. The van der Waals surface area contributed by atoms with Crippen molar-refractivity contribution in [2.75, 3.05) is 20.3 Å². The van der Waals surface area contributed by atoms with Gasteiger partial charge in [-0.1, -0.05) is 13.8 Å². The van der Waals surface area contributed by atoms with Gasteiger partial charge in [-0.2, -0.15) is 5.26 Å². The maximum absolute atomic E-state index is 11.6. The predicted molar refractivity (Wildman–Crippen MR) is 75.7 cm³/mol. The second-order valence-corrected chi connectivity index (χ2v) is 4.83. The fourth-order valence-electron chi connectivity index (χ4n) is 1.54. The van der Waals surface area contributed by atoms with Crippen molar-refractivity contribution in [2.45, 2.75) is 20.3 Å². The summed E-state index contributed by atoms with van der Waals surface area (Å²) in [5.41, 5.74) is 0.430. The predicted octanol–water partition coefficient (Wildman–Crippen LogP) is 2.11. The smallest absolute Gasteiger partial charge is 0.257 e. The molecule has 0 bridgehead atoms. The number of hydrogen-bond donors (Lipinski definition) is 1. The Morgan fingerprint density at radius 1 is 1.35 bits per heavy atom. The maximum Gasteiger partial charge on any atom is 0.257 e. The molecular formula is C15H20N2O3. The summed E-state index contributed by atoms with van der Waals surface area (Å²) in [6.07, 6.45) is 0.934. The number of benzene rings is 1. The van der Waals surface area contributed by atoms with Crippen LogP contribution in [-0.4, -0.2) is 26.2 Å². The molecule has 0 saturated heterocycles. The number of amides is 1. The van der Waals surface area contributed by atoms with Crippen LogP contribution in [0.25, 0.3) is 0 Å². The third kappa shape index (κ3) is 5.61. The molecule has 1 aromatic carbocycles. The molecule has 0 aliphatic carbocycles. The number of rotatable bonds is 7. The molecule has 20 heavy (non-hydrogen) atoms. The van der Waals surface area contributed by atoms with Gasteiger partial charge in [-0.05, 0) is 24.5 Å². The normalized spacial score (nSPS) is 9.95. The molecule has 0 radical (unpaired) electrons. The van der Waals surface area contributed by atoms with Gasteiger partial charge in [0.1, 0.15) is 11.5 Å². The van der Waals surface area contributed by atoms with E-state index < -0.39 is 0 Å². The van der Waals surface area contributed by atoms with Crippen LogP contribution in [0.5, 0.6) is 11.5 Å². The van der Waals surface area contributed by atoms with E-state index in [4.69, 9.17) is 14.7 Å². The molecule has 0 spiro atoms. The summed E-state index contributed by atoms with van der Waals surface area (Å²) in [6, 6.07) is 6.84. The quantitative estimate of drug-likeness (QED) is 0.828. The minimum Gasteiger partial charge on any atom is -0.497 e. The van der Waals surface area contributed by atoms with Gasteiger partial charge in [0.25, 0.3) is 5.91 Å². The minimum atomic E-state index is -0.174. The second kappa shape index (κ2) is 8.05. The molecule has 108 valence electrons. The summed E-state index contributed by atoms with van der Waals surface area (Å²) in [5.74, 6) is 1.35. The Hall–Kier alpha value is -2.22. The molecule has 0 saturated carbocycles. The summed E-state index contributed by atoms with van der Waals surface area (Å²) in [7, 11) is 1.51. The highest BCUT2D eigenvalue weighted by atomic mass is 16.5. The van der Waals surface area contributed by atoms with Gasteiger partial charge < -0.3 is 14.8 Å². The number of carbonyl (C=O) groups is 1. The summed E-state index contributed by atoms with van der Waals surface area (Å²) >= 11 is 0. The van der Waals surface area contributed by atoms with Crippen LogP contribution in [0.4, 0.5) is 0 Å². The van der Waals surface area contributed by atoms with Crippen molar-refractivity contribution < 1.29 is 14.3 Å². The van der Waals surface area contributed by atoms with E-state index in [1.165, 1.54) is 7.11 Å². The van der Waals surface area contributed by atoms with Crippen molar-refractivity contribution in [3.8, 4) is 17.6 Å². The van der Waals surface area contributed by atoms with Crippen LogP contribution in [0.3, 0.4) is 0 Å². The maximum atomic E-state index is 11.6. The Morgan fingerprint density at radius 3 is 2.65 bits per heavy atom. The van der Waals surface area contributed by atoms with Gasteiger partial charge in [-0.25, -0.2) is 0 Å². The minimum absolute atomic E-state index is 0.0733. The number of nitrogens with zero attached hydrogens (tertiary/aromatic N) is 1. The highest BCUT2D eigenvalue weighted by molar-refractivity contribution is 5.77. The van der Waals surface area contributed by atoms with Crippen LogP contribution in [0.1, 0.15) is 25.8 Å². The van der Waals surface area contributed by atoms with Crippen molar-refractivity contribution >= 4 is 5.91 Å². The van der Waals surface area contributed by atoms with Crippen molar-refractivity contribution in [3.63, 3.8) is 0 Å². The molecule has 0 aromatic heterocycles. The highest BCUT2D eigenvalue weighted by Gasteiger charge is 2.06. The first-order valence-electron chi connectivity index (χ1n) is 6.54. The van der Waals surface area contributed by atoms with Crippen LogP contribution >= 0.6 is 0 Å². The second-order valence-electron chi connectivity index (χ2n) is 4.83. The van der Waals surface area contributed by atoms with Gasteiger partial charge in [0.05, 0.1) is 18.7 Å². The number of hydrogen-bond acceptors (Lipinski definition) is 4. The third-order valence-corrected chi connectivity index (χ3v) is 2.66. The largest absolute Gasteiger partial charge is 0.497 e. The summed E-state index contributed by atoms with van der Waals surface area (Å²) in [6.45, 7) is 4.77. The summed E-state index contributed by atoms with van der Waals surface area (Å²) in [4.78, 5) is 11.6. The molecule has 5 heteroatoms. The molecule has 1 rings (SSSR count). The van der Waals surface area contributed by atoms with Crippen LogP contribution in [0, 0.1) is 17.2 Å². The number of ether oxygens (including phenoxy) is 2. The molecule has 0 unspecified atom stereocenters. The molecule has 0 heterocycles. The molecular weight excluding hydrogens is 256 g/mol. The van der Waals surface area contributed by atoms with Crippen molar-refractivity contribution in [1.29, 1.82) is 5.26 Å². The van der Waals surface area contributed by atoms with Gasteiger partial charge in [0.2, 0.25) is 0 Å². The monoisotopic (exact) mass is 276 g/mol. The van der Waals surface area contributed by atoms with Gasteiger partial charge in [0, 0.05) is 12.6 Å². The van der Waals surface area contributed by atoms with Gasteiger partial charge in [-0.15, -0.1) is 0 Å². The Balaban J connectivity index is 2.49. The van der Waals surface area contributed by atoms with Crippen LogP contribution in [0.15, 0.2) is 18.2 Å². The van der Waals surface area contributed by atoms with Crippen LogP contribution < -0.4 is 14.8 Å². The van der Waals surface area contributed by atoms with Gasteiger partial charge >= 0.3 is 0 Å². The number of methoxy groups -OCH3 is 1. The Labute approximate surface area is 119 Å². The molecule has 5 nitrogen and oxygen atoms in total. The SMILES string of the molecule is COc1cc(C#N)cc(OCC(=O)NCCC(C)C)c1. The standard InChI is InChI=1S/C15H20N2O3/c1-11(2)4-5-17-15(18)10-20-14-7-12(9-16)6-13(8-14)19-3/h6-8,11H,4-5,10H2,1-3H3,(H,17,18). The van der Waals surface area contributed by atoms with Gasteiger partial charge in [-0.3, -0.25) is 4.79 Å². The van der Waals surface area contributed by atoms with Crippen LogP contribution in [0.2, 0.25) is 0 Å². The molecule has 0 fully saturated rings.